The van der Waals surface area contributed by atoms with Crippen LogP contribution >= 0.6 is 23.1 Å². The predicted molar refractivity (Wildman–Crippen MR) is 135 cm³/mol. The molecule has 13 heteroatoms. The number of nitrogens with one attached hydrogen (secondary N) is 1. The average molecular weight is 534 g/mol. The number of sulfonamides is 1. The average Bonchev–Trinajstić information content (AvgIpc) is 3.49. The molecule has 35 heavy (non-hydrogen) atoms. The summed E-state index contributed by atoms with van der Waals surface area (Å²) in [5, 5.41) is 11.5. The number of carbonyl (C=O) groups excluding carboxylic acids is 1. The van der Waals surface area contributed by atoms with Gasteiger partial charge in [-0.3, -0.25) is 4.79 Å². The first-order valence-electron chi connectivity index (χ1n) is 10.6. The van der Waals surface area contributed by atoms with Crippen molar-refractivity contribution in [3.8, 4) is 17.2 Å². The Labute approximate surface area is 210 Å². The minimum atomic E-state index is -3.54. The number of carbonyl (C=O) groups is 1. The molecule has 10 nitrogen and oxygen atoms in total. The maximum atomic E-state index is 12.6. The molecule has 1 amide bonds. The monoisotopic (exact) mass is 533 g/mol. The number of anilines is 1. The number of nitrogens with zero attached hydrogens (tertiary/aromatic N) is 4. The maximum absolute atomic E-state index is 12.6. The molecule has 0 fully saturated rings. The summed E-state index contributed by atoms with van der Waals surface area (Å²) in [5.41, 5.74) is 1.36. The Bertz CT molecular complexity index is 1430. The largest absolute Gasteiger partial charge is 0.497 e. The lowest BCUT2D eigenvalue weighted by Gasteiger charge is -2.18. The van der Waals surface area contributed by atoms with E-state index in [-0.39, 0.29) is 27.7 Å². The molecule has 2 heterocycles. The standard InChI is InChI=1S/C22H23N5O5S3/c1-4-27(5-2)35(29,30)16-9-6-14(7-10-16)20-25-26-22(32-20)33-13-19(28)24-21-23-17-11-8-15(31-3)12-18(17)34-21/h6-12H,4-5,13H2,1-3H3,(H,23,24,28). The summed E-state index contributed by atoms with van der Waals surface area (Å²) >= 11 is 2.45. The van der Waals surface area contributed by atoms with Crippen molar-refractivity contribution >= 4 is 54.4 Å². The first-order valence-corrected chi connectivity index (χ1v) is 13.9. The van der Waals surface area contributed by atoms with Crippen LogP contribution in [0.5, 0.6) is 5.75 Å². The number of ether oxygens (including phenoxy) is 1. The van der Waals surface area contributed by atoms with E-state index < -0.39 is 10.0 Å². The predicted octanol–water partition coefficient (Wildman–Crippen LogP) is 4.12. The van der Waals surface area contributed by atoms with Crippen molar-refractivity contribution in [2.45, 2.75) is 24.0 Å². The van der Waals surface area contributed by atoms with Crippen LogP contribution in [0.25, 0.3) is 21.7 Å². The van der Waals surface area contributed by atoms with Crippen molar-refractivity contribution in [1.82, 2.24) is 19.5 Å². The van der Waals surface area contributed by atoms with Crippen LogP contribution in [-0.2, 0) is 14.8 Å². The Balaban J connectivity index is 1.36. The van der Waals surface area contributed by atoms with Crippen LogP contribution in [0.4, 0.5) is 5.13 Å². The Morgan fingerprint density at radius 3 is 2.57 bits per heavy atom. The van der Waals surface area contributed by atoms with E-state index in [1.807, 2.05) is 18.2 Å². The van der Waals surface area contributed by atoms with Crippen molar-refractivity contribution in [2.24, 2.45) is 0 Å². The van der Waals surface area contributed by atoms with Gasteiger partial charge in [-0.25, -0.2) is 13.4 Å². The van der Waals surface area contributed by atoms with Gasteiger partial charge in [0, 0.05) is 18.7 Å². The number of thiazole rings is 1. The van der Waals surface area contributed by atoms with Gasteiger partial charge in [0.1, 0.15) is 5.75 Å². The highest BCUT2D eigenvalue weighted by atomic mass is 32.2. The molecule has 0 spiro atoms. The fourth-order valence-electron chi connectivity index (χ4n) is 3.23. The van der Waals surface area contributed by atoms with Gasteiger partial charge in [-0.1, -0.05) is 36.9 Å². The Hall–Kier alpha value is -3.00. The first-order chi connectivity index (χ1) is 16.8. The van der Waals surface area contributed by atoms with Gasteiger partial charge < -0.3 is 14.5 Å². The van der Waals surface area contributed by atoms with Crippen LogP contribution in [-0.4, -0.2) is 59.8 Å². The van der Waals surface area contributed by atoms with E-state index in [0.717, 1.165) is 27.7 Å². The number of thioether (sulfide) groups is 1. The molecule has 1 N–H and O–H groups in total. The molecule has 0 saturated carbocycles. The smallest absolute Gasteiger partial charge is 0.277 e. The lowest BCUT2D eigenvalue weighted by molar-refractivity contribution is -0.113. The van der Waals surface area contributed by atoms with E-state index >= 15 is 0 Å². The Kier molecular flexibility index (Phi) is 7.69. The molecular formula is C22H23N5O5S3. The highest BCUT2D eigenvalue weighted by Gasteiger charge is 2.22. The number of hydrogen-bond donors (Lipinski definition) is 1. The molecular weight excluding hydrogens is 510 g/mol. The molecule has 2 aromatic carbocycles. The summed E-state index contributed by atoms with van der Waals surface area (Å²) in [7, 11) is -1.95. The second kappa shape index (κ2) is 10.7. The fraction of sp³-hybridized carbons (Fsp3) is 0.273. The van der Waals surface area contributed by atoms with E-state index in [1.165, 1.54) is 27.8 Å². The third-order valence-electron chi connectivity index (χ3n) is 5.02. The zero-order chi connectivity index (χ0) is 25.0. The van der Waals surface area contributed by atoms with Crippen LogP contribution in [0, 0.1) is 0 Å². The normalized spacial score (nSPS) is 11.8. The second-order valence-corrected chi connectivity index (χ2v) is 11.1. The van der Waals surface area contributed by atoms with Crippen molar-refractivity contribution < 1.29 is 22.4 Å². The molecule has 2 aromatic heterocycles. The van der Waals surface area contributed by atoms with Crippen LogP contribution in [0.2, 0.25) is 0 Å². The Morgan fingerprint density at radius 1 is 1.14 bits per heavy atom. The van der Waals surface area contributed by atoms with E-state index in [9.17, 15) is 13.2 Å². The summed E-state index contributed by atoms with van der Waals surface area (Å²) in [4.78, 5) is 17.0. The molecule has 0 atom stereocenters. The molecule has 0 aliphatic carbocycles. The first kappa shape index (κ1) is 25.1. The number of benzene rings is 2. The number of fused-ring (bicyclic) bond motifs is 1. The maximum Gasteiger partial charge on any atom is 0.277 e. The van der Waals surface area contributed by atoms with Gasteiger partial charge in [-0.15, -0.1) is 10.2 Å². The SMILES string of the molecule is CCN(CC)S(=O)(=O)c1ccc(-c2nnc(SCC(=O)Nc3nc4ccc(OC)cc4s3)o2)cc1. The van der Waals surface area contributed by atoms with Crippen LogP contribution in [0.3, 0.4) is 0 Å². The minimum absolute atomic E-state index is 0.0575. The number of methoxy groups -OCH3 is 1. The molecule has 0 radical (unpaired) electrons. The lowest BCUT2D eigenvalue weighted by atomic mass is 10.2. The summed E-state index contributed by atoms with van der Waals surface area (Å²) in [5.74, 6) is 0.760. The van der Waals surface area contributed by atoms with E-state index in [1.54, 1.807) is 33.1 Å². The molecule has 0 aliphatic heterocycles. The quantitative estimate of drug-likeness (QED) is 0.299. The topological polar surface area (TPSA) is 128 Å². The van der Waals surface area contributed by atoms with Crippen molar-refractivity contribution in [2.75, 3.05) is 31.3 Å². The van der Waals surface area contributed by atoms with Gasteiger partial charge >= 0.3 is 0 Å². The highest BCUT2D eigenvalue weighted by Crippen LogP contribution is 2.30. The number of rotatable bonds is 10. The molecule has 4 rings (SSSR count). The summed E-state index contributed by atoms with van der Waals surface area (Å²) in [6.45, 7) is 4.38. The Morgan fingerprint density at radius 2 is 1.89 bits per heavy atom. The highest BCUT2D eigenvalue weighted by molar-refractivity contribution is 7.99. The van der Waals surface area contributed by atoms with Crippen LogP contribution < -0.4 is 10.1 Å². The lowest BCUT2D eigenvalue weighted by Crippen LogP contribution is -2.30. The van der Waals surface area contributed by atoms with Gasteiger partial charge in [0.25, 0.3) is 5.22 Å². The van der Waals surface area contributed by atoms with Gasteiger partial charge in [-0.2, -0.15) is 4.31 Å². The molecule has 0 unspecified atom stereocenters. The van der Waals surface area contributed by atoms with Gasteiger partial charge in [-0.05, 0) is 42.5 Å². The van der Waals surface area contributed by atoms with E-state index in [4.69, 9.17) is 9.15 Å². The number of aromatic nitrogens is 3. The number of hydrogen-bond acceptors (Lipinski definition) is 10. The summed E-state index contributed by atoms with van der Waals surface area (Å²) < 4.78 is 38.4. The van der Waals surface area contributed by atoms with Gasteiger partial charge in [0.05, 0.1) is 28.0 Å². The third-order valence-corrected chi connectivity index (χ3v) is 8.84. The van der Waals surface area contributed by atoms with E-state index in [0.29, 0.717) is 23.8 Å². The van der Waals surface area contributed by atoms with Crippen molar-refractivity contribution in [3.05, 3.63) is 42.5 Å². The minimum Gasteiger partial charge on any atom is -0.497 e. The molecule has 0 aliphatic rings. The van der Waals surface area contributed by atoms with Gasteiger partial charge in [0.2, 0.25) is 21.8 Å². The van der Waals surface area contributed by atoms with Gasteiger partial charge in [0.15, 0.2) is 5.13 Å². The molecule has 4 aromatic rings. The number of amides is 1. The summed E-state index contributed by atoms with van der Waals surface area (Å²) in [6.07, 6.45) is 0. The van der Waals surface area contributed by atoms with Crippen molar-refractivity contribution in [1.29, 1.82) is 0 Å². The van der Waals surface area contributed by atoms with Crippen LogP contribution in [0.1, 0.15) is 13.8 Å². The molecule has 0 bridgehead atoms. The van der Waals surface area contributed by atoms with Crippen molar-refractivity contribution in [3.63, 3.8) is 0 Å². The fourth-order valence-corrected chi connectivity index (χ4v) is 6.17. The van der Waals surface area contributed by atoms with Crippen LogP contribution in [0.15, 0.2) is 57.0 Å². The van der Waals surface area contributed by atoms with E-state index in [2.05, 4.69) is 20.5 Å². The summed E-state index contributed by atoms with van der Waals surface area (Å²) in [6, 6.07) is 11.8. The zero-order valence-electron chi connectivity index (χ0n) is 19.2. The molecule has 0 saturated heterocycles. The molecule has 184 valence electrons. The second-order valence-electron chi connectivity index (χ2n) is 7.18. The zero-order valence-corrected chi connectivity index (χ0v) is 21.7. The third kappa shape index (κ3) is 5.64.